The van der Waals surface area contributed by atoms with Gasteiger partial charge in [0.15, 0.2) is 0 Å². The highest BCUT2D eigenvalue weighted by atomic mass is 19.4. The first-order chi connectivity index (χ1) is 13.4. The van der Waals surface area contributed by atoms with Crippen LogP contribution in [0.2, 0.25) is 0 Å². The number of rotatable bonds is 6. The van der Waals surface area contributed by atoms with Crippen molar-refractivity contribution in [3.63, 3.8) is 0 Å². The first-order valence-electron chi connectivity index (χ1n) is 9.48. The molecule has 0 bridgehead atoms. The van der Waals surface area contributed by atoms with Gasteiger partial charge in [-0.05, 0) is 24.0 Å². The molecule has 1 amide bonds. The summed E-state index contributed by atoms with van der Waals surface area (Å²) >= 11 is 0. The Morgan fingerprint density at radius 1 is 0.964 bits per heavy atom. The van der Waals surface area contributed by atoms with Gasteiger partial charge in [0.1, 0.15) is 6.54 Å². The largest absolute Gasteiger partial charge is 0.406 e. The van der Waals surface area contributed by atoms with Crippen molar-refractivity contribution >= 4 is 5.91 Å². The van der Waals surface area contributed by atoms with Crippen LogP contribution in [0.15, 0.2) is 60.7 Å². The predicted octanol–water partition coefficient (Wildman–Crippen LogP) is 4.78. The van der Waals surface area contributed by atoms with E-state index in [9.17, 15) is 18.0 Å². The Morgan fingerprint density at radius 2 is 1.46 bits per heavy atom. The third-order valence-electron chi connectivity index (χ3n) is 5.08. The number of carbonyl (C=O) groups is 1. The number of carbonyl (C=O) groups excluding carboxylic acids is 1. The Kier molecular flexibility index (Phi) is 6.73. The van der Waals surface area contributed by atoms with Gasteiger partial charge in [-0.25, -0.2) is 0 Å². The Bertz CT molecular complexity index is 704. The number of hydrogen-bond acceptors (Lipinski definition) is 2. The van der Waals surface area contributed by atoms with Crippen molar-refractivity contribution < 1.29 is 22.7 Å². The van der Waals surface area contributed by atoms with Crippen molar-refractivity contribution in [2.75, 3.05) is 19.8 Å². The smallest absolute Gasteiger partial charge is 0.381 e. The van der Waals surface area contributed by atoms with Gasteiger partial charge in [0.2, 0.25) is 5.91 Å². The molecule has 0 N–H and O–H groups in total. The molecule has 2 aromatic carbocycles. The number of amides is 1. The molecule has 6 heteroatoms. The minimum Gasteiger partial charge on any atom is -0.381 e. The standard InChI is InChI=1S/C22H24F3NO2/c23-22(24,25)16-26(19-11-13-28-14-12-19)21(27)15-20(17-7-3-1-4-8-17)18-9-5-2-6-10-18/h1-10,19-20H,11-16H2. The molecule has 2 aromatic rings. The zero-order valence-corrected chi connectivity index (χ0v) is 15.6. The average Bonchev–Trinajstić information content (AvgIpc) is 2.71. The summed E-state index contributed by atoms with van der Waals surface area (Å²) in [6, 6.07) is 18.5. The lowest BCUT2D eigenvalue weighted by Crippen LogP contribution is -2.48. The SMILES string of the molecule is O=C(CC(c1ccccc1)c1ccccc1)N(CC(F)(F)F)C1CCOCC1. The van der Waals surface area contributed by atoms with E-state index in [-0.39, 0.29) is 12.3 Å². The van der Waals surface area contributed by atoms with Gasteiger partial charge in [0, 0.05) is 31.6 Å². The van der Waals surface area contributed by atoms with Crippen LogP contribution in [0.5, 0.6) is 0 Å². The molecule has 3 rings (SSSR count). The lowest BCUT2D eigenvalue weighted by Gasteiger charge is -2.35. The maximum Gasteiger partial charge on any atom is 0.406 e. The molecule has 0 radical (unpaired) electrons. The molecule has 0 unspecified atom stereocenters. The van der Waals surface area contributed by atoms with Gasteiger partial charge in [-0.2, -0.15) is 13.2 Å². The van der Waals surface area contributed by atoms with Crippen LogP contribution in [0.3, 0.4) is 0 Å². The Balaban J connectivity index is 1.85. The van der Waals surface area contributed by atoms with Crippen LogP contribution in [0.4, 0.5) is 13.2 Å². The van der Waals surface area contributed by atoms with E-state index < -0.39 is 24.7 Å². The Morgan fingerprint density at radius 3 is 1.93 bits per heavy atom. The minimum absolute atomic E-state index is 0.00145. The van der Waals surface area contributed by atoms with E-state index in [0.717, 1.165) is 16.0 Å². The maximum atomic E-state index is 13.2. The van der Waals surface area contributed by atoms with E-state index in [1.165, 1.54) is 0 Å². The molecular formula is C22H24F3NO2. The molecule has 0 atom stereocenters. The van der Waals surface area contributed by atoms with Gasteiger partial charge in [0.05, 0.1) is 0 Å². The molecule has 3 nitrogen and oxygen atoms in total. The zero-order valence-electron chi connectivity index (χ0n) is 15.6. The highest BCUT2D eigenvalue weighted by Crippen LogP contribution is 2.31. The van der Waals surface area contributed by atoms with Crippen LogP contribution in [-0.2, 0) is 9.53 Å². The van der Waals surface area contributed by atoms with E-state index in [0.29, 0.717) is 26.1 Å². The molecule has 0 aromatic heterocycles. The summed E-state index contributed by atoms with van der Waals surface area (Å²) in [5, 5.41) is 0. The number of nitrogens with zero attached hydrogens (tertiary/aromatic N) is 1. The van der Waals surface area contributed by atoms with Gasteiger partial charge in [0.25, 0.3) is 0 Å². The van der Waals surface area contributed by atoms with E-state index in [1.54, 1.807) is 0 Å². The average molecular weight is 391 g/mol. The number of alkyl halides is 3. The lowest BCUT2D eigenvalue weighted by atomic mass is 9.88. The van der Waals surface area contributed by atoms with Gasteiger partial charge in [-0.15, -0.1) is 0 Å². The Labute approximate surface area is 163 Å². The molecule has 1 fully saturated rings. The topological polar surface area (TPSA) is 29.5 Å². The monoisotopic (exact) mass is 391 g/mol. The number of halogens is 3. The second kappa shape index (κ2) is 9.24. The summed E-state index contributed by atoms with van der Waals surface area (Å²) in [6.07, 6.45) is -3.56. The van der Waals surface area contributed by atoms with E-state index in [1.807, 2.05) is 60.7 Å². The van der Waals surface area contributed by atoms with Crippen LogP contribution in [0.1, 0.15) is 36.3 Å². The molecule has 28 heavy (non-hydrogen) atoms. The number of ether oxygens (including phenoxy) is 1. The molecule has 0 saturated carbocycles. The van der Waals surface area contributed by atoms with Crippen molar-refractivity contribution in [2.45, 2.75) is 37.4 Å². The van der Waals surface area contributed by atoms with Crippen molar-refractivity contribution in [1.82, 2.24) is 4.90 Å². The molecule has 0 aliphatic carbocycles. The summed E-state index contributed by atoms with van der Waals surface area (Å²) in [6.45, 7) is -0.451. The summed E-state index contributed by atoms with van der Waals surface area (Å²) in [7, 11) is 0. The van der Waals surface area contributed by atoms with E-state index in [2.05, 4.69) is 0 Å². The second-order valence-electron chi connectivity index (χ2n) is 7.06. The fourth-order valence-corrected chi connectivity index (χ4v) is 3.70. The van der Waals surface area contributed by atoms with Crippen LogP contribution in [0.25, 0.3) is 0 Å². The molecule has 1 aliphatic heterocycles. The number of hydrogen-bond donors (Lipinski definition) is 0. The fraction of sp³-hybridized carbons (Fsp3) is 0.409. The van der Waals surface area contributed by atoms with Crippen LogP contribution >= 0.6 is 0 Å². The molecule has 1 aliphatic rings. The van der Waals surface area contributed by atoms with Crippen molar-refractivity contribution in [3.05, 3.63) is 71.8 Å². The normalized spacial score (nSPS) is 15.6. The molecule has 150 valence electrons. The fourth-order valence-electron chi connectivity index (χ4n) is 3.70. The summed E-state index contributed by atoms with van der Waals surface area (Å²) in [5.41, 5.74) is 1.84. The minimum atomic E-state index is -4.43. The first-order valence-corrected chi connectivity index (χ1v) is 9.48. The van der Waals surface area contributed by atoms with Crippen LogP contribution in [0, 0.1) is 0 Å². The van der Waals surface area contributed by atoms with Crippen LogP contribution < -0.4 is 0 Å². The molecule has 1 heterocycles. The molecule has 0 spiro atoms. The maximum absolute atomic E-state index is 13.2. The third-order valence-corrected chi connectivity index (χ3v) is 5.08. The second-order valence-corrected chi connectivity index (χ2v) is 7.06. The van der Waals surface area contributed by atoms with E-state index in [4.69, 9.17) is 4.74 Å². The molecular weight excluding hydrogens is 367 g/mol. The van der Waals surface area contributed by atoms with Crippen molar-refractivity contribution in [2.24, 2.45) is 0 Å². The summed E-state index contributed by atoms with van der Waals surface area (Å²) < 4.78 is 44.8. The van der Waals surface area contributed by atoms with Crippen LogP contribution in [-0.4, -0.2) is 42.8 Å². The van der Waals surface area contributed by atoms with Crippen molar-refractivity contribution in [1.29, 1.82) is 0 Å². The molecule has 1 saturated heterocycles. The third kappa shape index (κ3) is 5.58. The van der Waals surface area contributed by atoms with E-state index >= 15 is 0 Å². The zero-order chi connectivity index (χ0) is 20.0. The van der Waals surface area contributed by atoms with Gasteiger partial charge >= 0.3 is 6.18 Å². The number of benzene rings is 2. The highest BCUT2D eigenvalue weighted by molar-refractivity contribution is 5.78. The predicted molar refractivity (Wildman–Crippen MR) is 101 cm³/mol. The Hall–Kier alpha value is -2.34. The first kappa shape index (κ1) is 20.4. The van der Waals surface area contributed by atoms with Gasteiger partial charge in [-0.3, -0.25) is 4.79 Å². The van der Waals surface area contributed by atoms with Gasteiger partial charge < -0.3 is 9.64 Å². The summed E-state index contributed by atoms with van der Waals surface area (Å²) in [4.78, 5) is 14.1. The van der Waals surface area contributed by atoms with Gasteiger partial charge in [-0.1, -0.05) is 60.7 Å². The van der Waals surface area contributed by atoms with Crippen molar-refractivity contribution in [3.8, 4) is 0 Å². The summed E-state index contributed by atoms with van der Waals surface area (Å²) in [5.74, 6) is -0.757. The lowest BCUT2D eigenvalue weighted by molar-refractivity contribution is -0.169. The quantitative estimate of drug-likeness (QED) is 0.709. The highest BCUT2D eigenvalue weighted by Gasteiger charge is 2.37.